The van der Waals surface area contributed by atoms with Crippen LogP contribution in [-0.4, -0.2) is 21.6 Å². The average Bonchev–Trinajstić information content (AvgIpc) is 3.40. The Labute approximate surface area is 154 Å². The number of hydrogen-bond donors (Lipinski definition) is 0. The Morgan fingerprint density at radius 1 is 1.04 bits per heavy atom. The molecule has 2 aromatic carbocycles. The monoisotopic (exact) mass is 347 g/mol. The zero-order chi connectivity index (χ0) is 17.8. The molecule has 1 fully saturated rings. The van der Waals surface area contributed by atoms with Gasteiger partial charge < -0.3 is 4.52 Å². The van der Waals surface area contributed by atoms with E-state index in [9.17, 15) is 0 Å². The first-order chi connectivity index (χ1) is 12.8. The van der Waals surface area contributed by atoms with Gasteiger partial charge in [0.05, 0.1) is 13.0 Å². The SMILES string of the molecule is CC(c1ccccc1)N(Cc1noc(Cc2ccccc2)n1)CC1CC1. The van der Waals surface area contributed by atoms with E-state index >= 15 is 0 Å². The van der Waals surface area contributed by atoms with E-state index in [-0.39, 0.29) is 0 Å². The van der Waals surface area contributed by atoms with Crippen molar-refractivity contribution in [1.82, 2.24) is 15.0 Å². The van der Waals surface area contributed by atoms with Crippen molar-refractivity contribution in [1.29, 1.82) is 0 Å². The quantitative estimate of drug-likeness (QED) is 0.596. The van der Waals surface area contributed by atoms with Gasteiger partial charge in [-0.1, -0.05) is 65.8 Å². The molecule has 0 bridgehead atoms. The van der Waals surface area contributed by atoms with Gasteiger partial charge in [-0.2, -0.15) is 4.98 Å². The summed E-state index contributed by atoms with van der Waals surface area (Å²) in [5, 5.41) is 4.23. The molecule has 0 amide bonds. The summed E-state index contributed by atoms with van der Waals surface area (Å²) < 4.78 is 5.49. The molecule has 0 radical (unpaired) electrons. The molecule has 1 saturated carbocycles. The maximum Gasteiger partial charge on any atom is 0.231 e. The van der Waals surface area contributed by atoms with Crippen molar-refractivity contribution in [3.05, 3.63) is 83.5 Å². The molecular formula is C22H25N3O. The minimum Gasteiger partial charge on any atom is -0.339 e. The van der Waals surface area contributed by atoms with Crippen LogP contribution in [-0.2, 0) is 13.0 Å². The Bertz CT molecular complexity index is 812. The van der Waals surface area contributed by atoms with Gasteiger partial charge in [0.1, 0.15) is 0 Å². The van der Waals surface area contributed by atoms with Crippen molar-refractivity contribution in [3.8, 4) is 0 Å². The molecular weight excluding hydrogens is 322 g/mol. The van der Waals surface area contributed by atoms with Crippen LogP contribution in [0.15, 0.2) is 65.2 Å². The highest BCUT2D eigenvalue weighted by Crippen LogP contribution is 2.33. The fourth-order valence-electron chi connectivity index (χ4n) is 3.31. The Hall–Kier alpha value is -2.46. The molecule has 1 aliphatic carbocycles. The summed E-state index contributed by atoms with van der Waals surface area (Å²) in [6.45, 7) is 4.09. The maximum absolute atomic E-state index is 5.49. The number of aromatic nitrogens is 2. The number of nitrogens with zero attached hydrogens (tertiary/aromatic N) is 3. The highest BCUT2D eigenvalue weighted by Gasteiger charge is 2.28. The van der Waals surface area contributed by atoms with Crippen molar-refractivity contribution in [2.75, 3.05) is 6.54 Å². The zero-order valence-corrected chi connectivity index (χ0v) is 15.2. The van der Waals surface area contributed by atoms with Gasteiger partial charge >= 0.3 is 0 Å². The van der Waals surface area contributed by atoms with Crippen LogP contribution in [0.4, 0.5) is 0 Å². The standard InChI is InChI=1S/C22H25N3O/c1-17(20-10-6-3-7-11-20)25(15-19-12-13-19)16-21-23-22(26-24-21)14-18-8-4-2-5-9-18/h2-11,17,19H,12-16H2,1H3. The van der Waals surface area contributed by atoms with Crippen molar-refractivity contribution in [2.24, 2.45) is 5.92 Å². The maximum atomic E-state index is 5.49. The molecule has 1 atom stereocenters. The summed E-state index contributed by atoms with van der Waals surface area (Å²) in [6, 6.07) is 21.3. The summed E-state index contributed by atoms with van der Waals surface area (Å²) in [7, 11) is 0. The van der Waals surface area contributed by atoms with E-state index < -0.39 is 0 Å². The molecule has 0 aliphatic heterocycles. The van der Waals surface area contributed by atoms with Crippen molar-refractivity contribution < 1.29 is 4.52 Å². The normalized spacial score (nSPS) is 15.3. The smallest absolute Gasteiger partial charge is 0.231 e. The van der Waals surface area contributed by atoms with Crippen LogP contribution in [0.25, 0.3) is 0 Å². The summed E-state index contributed by atoms with van der Waals surface area (Å²) in [6.07, 6.45) is 3.36. The van der Waals surface area contributed by atoms with E-state index in [2.05, 4.69) is 64.4 Å². The van der Waals surface area contributed by atoms with E-state index in [0.29, 0.717) is 18.4 Å². The van der Waals surface area contributed by atoms with Crippen molar-refractivity contribution in [3.63, 3.8) is 0 Å². The molecule has 3 aromatic rings. The van der Waals surface area contributed by atoms with Crippen LogP contribution >= 0.6 is 0 Å². The molecule has 1 unspecified atom stereocenters. The van der Waals surface area contributed by atoms with E-state index in [1.54, 1.807) is 0 Å². The molecule has 4 rings (SSSR count). The van der Waals surface area contributed by atoms with Crippen LogP contribution in [0.1, 0.15) is 48.6 Å². The summed E-state index contributed by atoms with van der Waals surface area (Å²) in [5.74, 6) is 2.28. The predicted molar refractivity (Wildman–Crippen MR) is 102 cm³/mol. The van der Waals surface area contributed by atoms with Gasteiger partial charge in [-0.3, -0.25) is 4.90 Å². The molecule has 4 nitrogen and oxygen atoms in total. The fraction of sp³-hybridized carbons (Fsp3) is 0.364. The van der Waals surface area contributed by atoms with E-state index in [4.69, 9.17) is 4.52 Å². The third-order valence-electron chi connectivity index (χ3n) is 5.07. The Kier molecular flexibility index (Phi) is 5.12. The molecule has 1 aliphatic rings. The number of rotatable bonds is 8. The second-order valence-corrected chi connectivity index (χ2v) is 7.23. The molecule has 134 valence electrons. The van der Waals surface area contributed by atoms with Gasteiger partial charge in [0.15, 0.2) is 5.82 Å². The minimum atomic E-state index is 0.341. The first-order valence-electron chi connectivity index (χ1n) is 9.42. The van der Waals surface area contributed by atoms with Crippen molar-refractivity contribution in [2.45, 2.75) is 38.8 Å². The molecule has 0 spiro atoms. The lowest BCUT2D eigenvalue weighted by Gasteiger charge is -2.28. The van der Waals surface area contributed by atoms with Gasteiger partial charge in [-0.05, 0) is 36.8 Å². The molecule has 1 aromatic heterocycles. The lowest BCUT2D eigenvalue weighted by molar-refractivity contribution is 0.185. The Morgan fingerprint density at radius 3 is 2.42 bits per heavy atom. The van der Waals surface area contributed by atoms with Crippen LogP contribution in [0.2, 0.25) is 0 Å². The third kappa shape index (κ3) is 4.38. The predicted octanol–water partition coefficient (Wildman–Crippen LogP) is 4.63. The fourth-order valence-corrected chi connectivity index (χ4v) is 3.31. The van der Waals surface area contributed by atoms with E-state index in [1.165, 1.54) is 24.0 Å². The highest BCUT2D eigenvalue weighted by molar-refractivity contribution is 5.19. The number of hydrogen-bond acceptors (Lipinski definition) is 4. The molecule has 26 heavy (non-hydrogen) atoms. The zero-order valence-electron chi connectivity index (χ0n) is 15.2. The second-order valence-electron chi connectivity index (χ2n) is 7.23. The van der Waals surface area contributed by atoms with Gasteiger partial charge in [0.2, 0.25) is 5.89 Å². The van der Waals surface area contributed by atoms with E-state index in [0.717, 1.165) is 24.8 Å². The molecule has 1 heterocycles. The van der Waals surface area contributed by atoms with Crippen LogP contribution < -0.4 is 0 Å². The van der Waals surface area contributed by atoms with Crippen molar-refractivity contribution >= 4 is 0 Å². The largest absolute Gasteiger partial charge is 0.339 e. The molecule has 4 heteroatoms. The van der Waals surface area contributed by atoms with Gasteiger partial charge in [0, 0.05) is 12.6 Å². The first-order valence-corrected chi connectivity index (χ1v) is 9.42. The van der Waals surface area contributed by atoms with Gasteiger partial charge in [-0.15, -0.1) is 0 Å². The van der Waals surface area contributed by atoms with Crippen LogP contribution in [0.5, 0.6) is 0 Å². The van der Waals surface area contributed by atoms with E-state index in [1.807, 2.05) is 18.2 Å². The summed E-state index contributed by atoms with van der Waals surface area (Å²) in [4.78, 5) is 7.11. The van der Waals surface area contributed by atoms with Gasteiger partial charge in [0.25, 0.3) is 0 Å². The average molecular weight is 347 g/mol. The molecule has 0 N–H and O–H groups in total. The number of benzene rings is 2. The second kappa shape index (κ2) is 7.83. The summed E-state index contributed by atoms with van der Waals surface area (Å²) in [5.41, 5.74) is 2.52. The Balaban J connectivity index is 1.45. The topological polar surface area (TPSA) is 42.2 Å². The first kappa shape index (κ1) is 17.0. The Morgan fingerprint density at radius 2 is 1.73 bits per heavy atom. The minimum absolute atomic E-state index is 0.341. The third-order valence-corrected chi connectivity index (χ3v) is 5.07. The van der Waals surface area contributed by atoms with Gasteiger partial charge in [-0.25, -0.2) is 0 Å². The van der Waals surface area contributed by atoms with Crippen LogP contribution in [0.3, 0.4) is 0 Å². The van der Waals surface area contributed by atoms with Crippen LogP contribution in [0, 0.1) is 5.92 Å². The highest BCUT2D eigenvalue weighted by atomic mass is 16.5. The molecule has 0 saturated heterocycles. The summed E-state index contributed by atoms with van der Waals surface area (Å²) >= 11 is 0. The lowest BCUT2D eigenvalue weighted by atomic mass is 10.1. The lowest BCUT2D eigenvalue weighted by Crippen LogP contribution is -2.29.